The molecule has 0 aliphatic carbocycles. The molecule has 2 radical (unpaired) electrons. The summed E-state index contributed by atoms with van der Waals surface area (Å²) in [6.07, 6.45) is 1.29. The van der Waals surface area contributed by atoms with Crippen LogP contribution in [0.4, 0.5) is 0 Å². The quantitative estimate of drug-likeness (QED) is 0.642. The first-order chi connectivity index (χ1) is 3.81. The summed E-state index contributed by atoms with van der Waals surface area (Å²) in [5, 5.41) is 0. The average molecular weight is 233 g/mol. The van der Waals surface area contributed by atoms with Gasteiger partial charge in [-0.3, -0.25) is 0 Å². The summed E-state index contributed by atoms with van der Waals surface area (Å²) in [4.78, 5) is 0. The van der Waals surface area contributed by atoms with E-state index in [4.69, 9.17) is 0 Å². The fraction of sp³-hybridized carbons (Fsp3) is 1.00. The summed E-state index contributed by atoms with van der Waals surface area (Å²) >= 11 is 1.36. The van der Waals surface area contributed by atoms with E-state index < -0.39 is 0 Å². The van der Waals surface area contributed by atoms with Gasteiger partial charge in [0, 0.05) is 0 Å². The molecule has 0 saturated heterocycles. The minimum absolute atomic E-state index is 0.537. The van der Waals surface area contributed by atoms with Crippen molar-refractivity contribution >= 4 is 22.5 Å². The van der Waals surface area contributed by atoms with E-state index >= 15 is 0 Å². The van der Waals surface area contributed by atoms with Crippen molar-refractivity contribution in [2.75, 3.05) is 0 Å². The fourth-order valence-electron chi connectivity index (χ4n) is 0.456. The monoisotopic (exact) mass is 234 g/mol. The standard InChI is InChI=1S/C8H17.Sn.H/c1-6-8(4,5)7(2)3;;/h6H2,1-5H3;;. The normalized spacial score (nSPS) is 14.0. The van der Waals surface area contributed by atoms with Gasteiger partial charge < -0.3 is 0 Å². The Labute approximate surface area is 72.5 Å². The van der Waals surface area contributed by atoms with E-state index in [9.17, 15) is 0 Å². The van der Waals surface area contributed by atoms with E-state index in [-0.39, 0.29) is 0 Å². The Morgan fingerprint density at radius 3 is 1.44 bits per heavy atom. The van der Waals surface area contributed by atoms with Gasteiger partial charge in [-0.15, -0.1) is 0 Å². The van der Waals surface area contributed by atoms with Crippen LogP contribution in [0.2, 0.25) is 3.43 Å². The molecule has 0 unspecified atom stereocenters. The van der Waals surface area contributed by atoms with Crippen molar-refractivity contribution in [3.8, 4) is 0 Å². The number of hydrogen-bond donors (Lipinski definition) is 0. The summed E-state index contributed by atoms with van der Waals surface area (Å²) in [5.41, 5.74) is 0.537. The topological polar surface area (TPSA) is 0 Å². The van der Waals surface area contributed by atoms with Crippen molar-refractivity contribution in [3.63, 3.8) is 0 Å². The first kappa shape index (κ1) is 9.80. The zero-order chi connectivity index (χ0) is 7.71. The molecule has 9 heavy (non-hydrogen) atoms. The number of hydrogen-bond acceptors (Lipinski definition) is 0. The molecular formula is C8H18Sn. The molecule has 0 bridgehead atoms. The molecule has 0 N–H and O–H groups in total. The van der Waals surface area contributed by atoms with Crippen LogP contribution in [0, 0.1) is 5.41 Å². The molecule has 0 nitrogen and oxygen atoms in total. The van der Waals surface area contributed by atoms with E-state index in [1.165, 1.54) is 28.9 Å². The summed E-state index contributed by atoms with van der Waals surface area (Å²) in [6.45, 7) is 11.7. The van der Waals surface area contributed by atoms with Crippen LogP contribution in [0.3, 0.4) is 0 Å². The Morgan fingerprint density at radius 2 is 1.44 bits per heavy atom. The molecule has 0 aliphatic heterocycles. The summed E-state index contributed by atoms with van der Waals surface area (Å²) in [7, 11) is 0. The Hall–Kier alpha value is 0.799. The molecule has 0 saturated carbocycles. The van der Waals surface area contributed by atoms with Gasteiger partial charge in [-0.25, -0.2) is 0 Å². The maximum atomic E-state index is 2.36. The van der Waals surface area contributed by atoms with Crippen molar-refractivity contribution < 1.29 is 0 Å². The van der Waals surface area contributed by atoms with E-state index in [0.29, 0.717) is 8.85 Å². The zero-order valence-corrected chi connectivity index (χ0v) is 10.6. The molecule has 0 heterocycles. The molecule has 0 aromatic rings. The summed E-state index contributed by atoms with van der Waals surface area (Å²) in [5.74, 6) is 0. The SMILES string of the molecule is CCC(C)(C)[C](C)(C)[SnH]. The third kappa shape index (κ3) is 2.48. The molecule has 0 aliphatic rings. The van der Waals surface area contributed by atoms with Crippen molar-refractivity contribution in [1.82, 2.24) is 0 Å². The Kier molecular flexibility index (Phi) is 3.06. The maximum absolute atomic E-state index is 2.36. The van der Waals surface area contributed by atoms with Gasteiger partial charge in [0.1, 0.15) is 0 Å². The molecule has 0 spiro atoms. The van der Waals surface area contributed by atoms with Crippen molar-refractivity contribution in [2.24, 2.45) is 5.41 Å². The molecule has 0 fully saturated rings. The minimum atomic E-state index is 0.537. The van der Waals surface area contributed by atoms with Crippen LogP contribution in [0.5, 0.6) is 0 Å². The Balaban J connectivity index is 4.14. The van der Waals surface area contributed by atoms with Gasteiger partial charge in [-0.05, 0) is 0 Å². The van der Waals surface area contributed by atoms with Gasteiger partial charge >= 0.3 is 72.4 Å². The van der Waals surface area contributed by atoms with Gasteiger partial charge in [-0.1, -0.05) is 0 Å². The van der Waals surface area contributed by atoms with Crippen LogP contribution < -0.4 is 0 Å². The predicted octanol–water partition coefficient (Wildman–Crippen LogP) is 2.52. The molecular weight excluding hydrogens is 215 g/mol. The van der Waals surface area contributed by atoms with Crippen LogP contribution >= 0.6 is 0 Å². The third-order valence-corrected chi connectivity index (χ3v) is 4.86. The van der Waals surface area contributed by atoms with Crippen LogP contribution in [-0.2, 0) is 0 Å². The molecule has 0 rings (SSSR count). The van der Waals surface area contributed by atoms with E-state index in [0.717, 1.165) is 0 Å². The molecule has 0 amide bonds. The van der Waals surface area contributed by atoms with Gasteiger partial charge in [0.25, 0.3) is 0 Å². The fourth-order valence-corrected chi connectivity index (χ4v) is 1.04. The third-order valence-electron chi connectivity index (χ3n) is 2.63. The predicted molar refractivity (Wildman–Crippen MR) is 45.3 cm³/mol. The average Bonchev–Trinajstić information content (AvgIpc) is 1.64. The van der Waals surface area contributed by atoms with Gasteiger partial charge in [0.15, 0.2) is 0 Å². The second kappa shape index (κ2) is 2.81. The van der Waals surface area contributed by atoms with Crippen molar-refractivity contribution in [3.05, 3.63) is 0 Å². The Morgan fingerprint density at radius 1 is 1.11 bits per heavy atom. The van der Waals surface area contributed by atoms with Gasteiger partial charge in [0.2, 0.25) is 0 Å². The van der Waals surface area contributed by atoms with E-state index in [1.807, 2.05) is 0 Å². The molecule has 54 valence electrons. The second-order valence-corrected chi connectivity index (χ2v) is 8.08. The Bertz CT molecular complexity index is 87.2. The summed E-state index contributed by atoms with van der Waals surface area (Å²) in [6, 6.07) is 0. The van der Waals surface area contributed by atoms with Crippen LogP contribution in [0.1, 0.15) is 41.0 Å². The van der Waals surface area contributed by atoms with Crippen LogP contribution in [0.25, 0.3) is 0 Å². The summed E-state index contributed by atoms with van der Waals surface area (Å²) < 4.78 is 0.576. The van der Waals surface area contributed by atoms with Gasteiger partial charge in [0.05, 0.1) is 0 Å². The van der Waals surface area contributed by atoms with E-state index in [1.54, 1.807) is 0 Å². The number of rotatable bonds is 2. The molecule has 0 aromatic heterocycles. The second-order valence-electron chi connectivity index (χ2n) is 3.96. The first-order valence-electron chi connectivity index (χ1n) is 3.60. The van der Waals surface area contributed by atoms with Crippen LogP contribution in [0.15, 0.2) is 0 Å². The molecule has 0 aromatic carbocycles. The first-order valence-corrected chi connectivity index (χ1v) is 5.25. The van der Waals surface area contributed by atoms with Crippen LogP contribution in [-0.4, -0.2) is 22.5 Å². The van der Waals surface area contributed by atoms with Crippen molar-refractivity contribution in [2.45, 2.75) is 44.5 Å². The zero-order valence-electron chi connectivity index (χ0n) is 7.28. The molecule has 0 atom stereocenters. The van der Waals surface area contributed by atoms with Crippen molar-refractivity contribution in [1.29, 1.82) is 0 Å². The van der Waals surface area contributed by atoms with Gasteiger partial charge in [-0.2, -0.15) is 0 Å². The van der Waals surface area contributed by atoms with E-state index in [2.05, 4.69) is 34.6 Å². The molecule has 1 heteroatoms.